The lowest BCUT2D eigenvalue weighted by molar-refractivity contribution is 0.343. The number of hydrogen-bond acceptors (Lipinski definition) is 2. The zero-order valence-electron chi connectivity index (χ0n) is 6.39. The summed E-state index contributed by atoms with van der Waals surface area (Å²) < 4.78 is 5.12. The highest BCUT2D eigenvalue weighted by molar-refractivity contribution is 5.77. The molecule has 0 aromatic rings. The van der Waals surface area contributed by atoms with E-state index in [1.165, 1.54) is 19.3 Å². The van der Waals surface area contributed by atoms with Crippen LogP contribution < -0.4 is 0 Å². The Morgan fingerprint density at radius 3 is 2.80 bits per heavy atom. The van der Waals surface area contributed by atoms with Gasteiger partial charge in [0, 0.05) is 13.0 Å². The smallest absolute Gasteiger partial charge is 0.183 e. The van der Waals surface area contributed by atoms with Gasteiger partial charge in [0.2, 0.25) is 0 Å². The van der Waals surface area contributed by atoms with Gasteiger partial charge in [-0.05, 0) is 24.7 Å². The normalized spacial score (nSPS) is 27.9. The number of ether oxygens (including phenoxy) is 1. The van der Waals surface area contributed by atoms with E-state index >= 15 is 0 Å². The number of methoxy groups -OCH3 is 1. The molecular weight excluding hydrogens is 126 g/mol. The van der Waals surface area contributed by atoms with Gasteiger partial charge >= 0.3 is 0 Å². The Bertz CT molecular complexity index is 170. The Kier molecular flexibility index (Phi) is 1.22. The van der Waals surface area contributed by atoms with Gasteiger partial charge in [0.05, 0.1) is 7.11 Å². The molecule has 1 aliphatic heterocycles. The summed E-state index contributed by atoms with van der Waals surface area (Å²) in [7, 11) is 1.72. The first-order chi connectivity index (χ1) is 4.85. The van der Waals surface area contributed by atoms with Crippen LogP contribution in [0.3, 0.4) is 0 Å². The average molecular weight is 139 g/mol. The summed E-state index contributed by atoms with van der Waals surface area (Å²) in [6.45, 7) is 0.989. The van der Waals surface area contributed by atoms with Crippen LogP contribution in [0.2, 0.25) is 0 Å². The maximum atomic E-state index is 5.12. The molecule has 1 spiro atoms. The highest BCUT2D eigenvalue weighted by atomic mass is 16.5. The highest BCUT2D eigenvalue weighted by Gasteiger charge is 2.44. The molecule has 0 amide bonds. The van der Waals surface area contributed by atoms with Crippen molar-refractivity contribution < 1.29 is 4.74 Å². The molecular formula is C8H13NO. The van der Waals surface area contributed by atoms with Crippen LogP contribution in [0.15, 0.2) is 4.99 Å². The summed E-state index contributed by atoms with van der Waals surface area (Å²) in [5.41, 5.74) is 0.646. The fourth-order valence-corrected chi connectivity index (χ4v) is 1.62. The van der Waals surface area contributed by atoms with E-state index in [0.29, 0.717) is 5.41 Å². The maximum Gasteiger partial charge on any atom is 0.183 e. The summed E-state index contributed by atoms with van der Waals surface area (Å²) in [5, 5.41) is 0. The largest absolute Gasteiger partial charge is 0.484 e. The van der Waals surface area contributed by atoms with Crippen molar-refractivity contribution in [1.29, 1.82) is 0 Å². The van der Waals surface area contributed by atoms with Crippen LogP contribution in [0.1, 0.15) is 25.7 Å². The predicted octanol–water partition coefficient (Wildman–Crippen LogP) is 1.61. The fraction of sp³-hybridized carbons (Fsp3) is 0.875. The second kappa shape index (κ2) is 1.97. The van der Waals surface area contributed by atoms with Crippen molar-refractivity contribution in [3.8, 4) is 0 Å². The van der Waals surface area contributed by atoms with Gasteiger partial charge < -0.3 is 4.74 Å². The van der Waals surface area contributed by atoms with Crippen LogP contribution in [-0.4, -0.2) is 19.6 Å². The predicted molar refractivity (Wildman–Crippen MR) is 40.2 cm³/mol. The molecule has 0 aromatic heterocycles. The number of rotatable bonds is 0. The van der Waals surface area contributed by atoms with Crippen LogP contribution in [0.5, 0.6) is 0 Å². The van der Waals surface area contributed by atoms with Crippen molar-refractivity contribution in [2.45, 2.75) is 25.7 Å². The molecule has 0 radical (unpaired) electrons. The van der Waals surface area contributed by atoms with Crippen LogP contribution in [0.4, 0.5) is 0 Å². The van der Waals surface area contributed by atoms with Crippen LogP contribution in [0.25, 0.3) is 0 Å². The molecule has 10 heavy (non-hydrogen) atoms. The SMILES string of the molecule is COC1=NCCC2(CC2)C1. The Morgan fingerprint density at radius 1 is 1.40 bits per heavy atom. The lowest BCUT2D eigenvalue weighted by Gasteiger charge is -2.19. The topological polar surface area (TPSA) is 21.6 Å². The minimum Gasteiger partial charge on any atom is -0.484 e. The van der Waals surface area contributed by atoms with Crippen molar-refractivity contribution in [3.63, 3.8) is 0 Å². The standard InChI is InChI=1S/C8H13NO/c1-10-7-6-8(2-3-8)4-5-9-7/h2-6H2,1H3. The Hall–Kier alpha value is -0.530. The Morgan fingerprint density at radius 2 is 2.20 bits per heavy atom. The molecule has 0 bridgehead atoms. The first kappa shape index (κ1) is 6.20. The highest BCUT2D eigenvalue weighted by Crippen LogP contribution is 2.53. The van der Waals surface area contributed by atoms with Crippen molar-refractivity contribution in [1.82, 2.24) is 0 Å². The number of aliphatic imine (C=N–C) groups is 1. The monoisotopic (exact) mass is 139 g/mol. The Labute approximate surface area is 61.3 Å². The first-order valence-corrected chi connectivity index (χ1v) is 3.92. The average Bonchev–Trinajstić information content (AvgIpc) is 2.70. The third-order valence-corrected chi connectivity index (χ3v) is 2.65. The summed E-state index contributed by atoms with van der Waals surface area (Å²) >= 11 is 0. The molecule has 1 heterocycles. The third-order valence-electron chi connectivity index (χ3n) is 2.65. The van der Waals surface area contributed by atoms with Gasteiger partial charge in [0.1, 0.15) is 0 Å². The van der Waals surface area contributed by atoms with Crippen LogP contribution >= 0.6 is 0 Å². The van der Waals surface area contributed by atoms with Crippen molar-refractivity contribution >= 4 is 5.90 Å². The van der Waals surface area contributed by atoms with E-state index in [1.807, 2.05) is 0 Å². The molecule has 0 unspecified atom stereocenters. The van der Waals surface area contributed by atoms with Gasteiger partial charge in [-0.25, -0.2) is 0 Å². The lowest BCUT2D eigenvalue weighted by Crippen LogP contribution is -2.17. The van der Waals surface area contributed by atoms with Gasteiger partial charge in [0.15, 0.2) is 5.90 Å². The van der Waals surface area contributed by atoms with Gasteiger partial charge in [-0.1, -0.05) is 0 Å². The lowest BCUT2D eigenvalue weighted by atomic mass is 9.96. The van der Waals surface area contributed by atoms with E-state index < -0.39 is 0 Å². The molecule has 2 nitrogen and oxygen atoms in total. The summed E-state index contributed by atoms with van der Waals surface area (Å²) in [6.07, 6.45) is 5.19. The van der Waals surface area contributed by atoms with Gasteiger partial charge in [-0.15, -0.1) is 0 Å². The molecule has 2 heteroatoms. The molecule has 2 rings (SSSR count). The van der Waals surface area contributed by atoms with E-state index in [9.17, 15) is 0 Å². The van der Waals surface area contributed by atoms with Crippen molar-refractivity contribution in [3.05, 3.63) is 0 Å². The first-order valence-electron chi connectivity index (χ1n) is 3.92. The molecule has 1 aliphatic carbocycles. The molecule has 0 saturated heterocycles. The van der Waals surface area contributed by atoms with Gasteiger partial charge in [-0.2, -0.15) is 0 Å². The second-order valence-electron chi connectivity index (χ2n) is 3.41. The second-order valence-corrected chi connectivity index (χ2v) is 3.41. The fourth-order valence-electron chi connectivity index (χ4n) is 1.62. The number of nitrogens with zero attached hydrogens (tertiary/aromatic N) is 1. The summed E-state index contributed by atoms with van der Waals surface area (Å²) in [4.78, 5) is 4.28. The summed E-state index contributed by atoms with van der Waals surface area (Å²) in [6, 6.07) is 0. The molecule has 0 N–H and O–H groups in total. The third kappa shape index (κ3) is 0.917. The van der Waals surface area contributed by atoms with Crippen LogP contribution in [0, 0.1) is 5.41 Å². The molecule has 2 aliphatic rings. The molecule has 56 valence electrons. The number of hydrogen-bond donors (Lipinski definition) is 0. The maximum absolute atomic E-state index is 5.12. The van der Waals surface area contributed by atoms with Gasteiger partial charge in [-0.3, -0.25) is 4.99 Å². The molecule has 1 saturated carbocycles. The van der Waals surface area contributed by atoms with E-state index in [2.05, 4.69) is 4.99 Å². The minimum atomic E-state index is 0.646. The zero-order valence-corrected chi connectivity index (χ0v) is 6.39. The quantitative estimate of drug-likeness (QED) is 0.499. The molecule has 0 aromatic carbocycles. The van der Waals surface area contributed by atoms with E-state index in [4.69, 9.17) is 4.74 Å². The van der Waals surface area contributed by atoms with E-state index in [0.717, 1.165) is 18.9 Å². The summed E-state index contributed by atoms with van der Waals surface area (Å²) in [5.74, 6) is 0.976. The van der Waals surface area contributed by atoms with Crippen molar-refractivity contribution in [2.75, 3.05) is 13.7 Å². The van der Waals surface area contributed by atoms with Gasteiger partial charge in [0.25, 0.3) is 0 Å². The van der Waals surface area contributed by atoms with Crippen LogP contribution in [-0.2, 0) is 4.74 Å². The van der Waals surface area contributed by atoms with E-state index in [1.54, 1.807) is 7.11 Å². The zero-order chi connectivity index (χ0) is 7.03. The Balaban J connectivity index is 2.04. The molecule has 1 fully saturated rings. The minimum absolute atomic E-state index is 0.646. The molecule has 0 atom stereocenters. The van der Waals surface area contributed by atoms with Crippen molar-refractivity contribution in [2.24, 2.45) is 10.4 Å². The van der Waals surface area contributed by atoms with E-state index in [-0.39, 0.29) is 0 Å².